The first-order valence-corrected chi connectivity index (χ1v) is 7.90. The van der Waals surface area contributed by atoms with Crippen molar-refractivity contribution < 1.29 is 13.2 Å². The highest BCUT2D eigenvalue weighted by atomic mass is 35.5. The Bertz CT molecular complexity index is 660. The first-order chi connectivity index (χ1) is 9.23. The fourth-order valence-electron chi connectivity index (χ4n) is 2.18. The van der Waals surface area contributed by atoms with Crippen molar-refractivity contribution in [3.63, 3.8) is 0 Å². The smallest absolute Gasteiger partial charge is 0.244 e. The number of hydrogen-bond donors (Lipinski definition) is 2. The van der Waals surface area contributed by atoms with Crippen LogP contribution in [0.4, 0.5) is 5.69 Å². The number of nitrogens with two attached hydrogens (primary N) is 2. The van der Waals surface area contributed by atoms with E-state index in [1.54, 1.807) is 6.92 Å². The average Bonchev–Trinajstić information content (AvgIpc) is 2.83. The highest BCUT2D eigenvalue weighted by Crippen LogP contribution is 2.31. The number of primary amides is 1. The summed E-state index contributed by atoms with van der Waals surface area (Å²) in [7, 11) is -3.76. The molecule has 0 aromatic heterocycles. The number of nitrogen functional groups attached to an aromatic ring is 1. The molecule has 2 rings (SSSR count). The molecule has 20 heavy (non-hydrogen) atoms. The lowest BCUT2D eigenvalue weighted by molar-refractivity contribution is -0.121. The van der Waals surface area contributed by atoms with Gasteiger partial charge in [0.25, 0.3) is 0 Å². The van der Waals surface area contributed by atoms with E-state index in [2.05, 4.69) is 0 Å². The normalized spacial score (nSPS) is 20.2. The van der Waals surface area contributed by atoms with Crippen LogP contribution in [0.2, 0.25) is 5.02 Å². The maximum absolute atomic E-state index is 12.5. The number of carbonyl (C=O) groups excluding carboxylic acids is 1. The second kappa shape index (κ2) is 5.23. The number of hydrogen-bond acceptors (Lipinski definition) is 4. The van der Waals surface area contributed by atoms with Gasteiger partial charge in [0.2, 0.25) is 15.9 Å². The third kappa shape index (κ3) is 2.61. The fraction of sp³-hybridized carbons (Fsp3) is 0.417. The van der Waals surface area contributed by atoms with Gasteiger partial charge >= 0.3 is 0 Å². The molecule has 1 heterocycles. The van der Waals surface area contributed by atoms with Gasteiger partial charge in [0, 0.05) is 18.8 Å². The van der Waals surface area contributed by atoms with Crippen LogP contribution in [-0.2, 0) is 14.8 Å². The van der Waals surface area contributed by atoms with Crippen LogP contribution in [0.3, 0.4) is 0 Å². The van der Waals surface area contributed by atoms with Crippen LogP contribution in [0.5, 0.6) is 0 Å². The van der Waals surface area contributed by atoms with E-state index in [1.165, 1.54) is 16.4 Å². The number of benzene rings is 1. The number of amides is 1. The zero-order chi connectivity index (χ0) is 15.1. The van der Waals surface area contributed by atoms with Crippen molar-refractivity contribution in [1.82, 2.24) is 4.31 Å². The van der Waals surface area contributed by atoms with Gasteiger partial charge in [-0.1, -0.05) is 11.6 Å². The van der Waals surface area contributed by atoms with Crippen molar-refractivity contribution in [3.8, 4) is 0 Å². The second-order valence-electron chi connectivity index (χ2n) is 4.89. The Morgan fingerprint density at radius 1 is 1.45 bits per heavy atom. The molecule has 1 fully saturated rings. The van der Waals surface area contributed by atoms with Gasteiger partial charge in [-0.15, -0.1) is 0 Å². The van der Waals surface area contributed by atoms with E-state index in [0.717, 1.165) is 0 Å². The fourth-order valence-corrected chi connectivity index (χ4v) is 4.28. The monoisotopic (exact) mass is 317 g/mol. The minimum absolute atomic E-state index is 0.0348. The van der Waals surface area contributed by atoms with Crippen LogP contribution < -0.4 is 11.5 Å². The Balaban J connectivity index is 2.37. The molecule has 0 spiro atoms. The first kappa shape index (κ1) is 15.1. The minimum Gasteiger partial charge on any atom is -0.398 e. The minimum atomic E-state index is -3.76. The van der Waals surface area contributed by atoms with Crippen LogP contribution in [0.15, 0.2) is 17.0 Å². The summed E-state index contributed by atoms with van der Waals surface area (Å²) in [6, 6.07) is 2.87. The number of aryl methyl sites for hydroxylation is 1. The summed E-state index contributed by atoms with van der Waals surface area (Å²) in [5, 5.41) is 0.124. The maximum atomic E-state index is 12.5. The van der Waals surface area contributed by atoms with Crippen LogP contribution in [0.1, 0.15) is 12.0 Å². The molecule has 0 radical (unpaired) electrons. The number of halogens is 1. The molecule has 110 valence electrons. The van der Waals surface area contributed by atoms with Crippen LogP contribution in [0, 0.1) is 12.8 Å². The Morgan fingerprint density at radius 2 is 2.10 bits per heavy atom. The molecular weight excluding hydrogens is 302 g/mol. The highest BCUT2D eigenvalue weighted by Gasteiger charge is 2.36. The van der Waals surface area contributed by atoms with Gasteiger partial charge in [0.15, 0.2) is 0 Å². The molecule has 1 aliphatic heterocycles. The number of carbonyl (C=O) groups is 1. The summed E-state index contributed by atoms with van der Waals surface area (Å²) in [6.45, 7) is 2.08. The lowest BCUT2D eigenvalue weighted by Gasteiger charge is -2.18. The predicted octanol–water partition coefficient (Wildman–Crippen LogP) is 0.727. The Kier molecular flexibility index (Phi) is 3.95. The third-order valence-corrected chi connectivity index (χ3v) is 5.82. The van der Waals surface area contributed by atoms with Crippen LogP contribution in [0.25, 0.3) is 0 Å². The molecule has 0 saturated carbocycles. The molecule has 1 saturated heterocycles. The standard InChI is InChI=1S/C12H16ClN3O3S/c1-7-4-9(13)11(5-10(7)14)20(18,19)16-3-2-8(6-16)12(15)17/h4-5,8H,2-3,6,14H2,1H3,(H2,15,17). The van der Waals surface area contributed by atoms with Crippen LogP contribution >= 0.6 is 11.6 Å². The Labute approximate surface area is 122 Å². The van der Waals surface area contributed by atoms with Gasteiger partial charge in [-0.25, -0.2) is 8.42 Å². The molecule has 1 aliphatic rings. The van der Waals surface area contributed by atoms with Crippen molar-refractivity contribution in [3.05, 3.63) is 22.7 Å². The van der Waals surface area contributed by atoms with Gasteiger partial charge in [0.05, 0.1) is 10.9 Å². The quantitative estimate of drug-likeness (QED) is 0.801. The van der Waals surface area contributed by atoms with E-state index in [9.17, 15) is 13.2 Å². The average molecular weight is 318 g/mol. The molecule has 1 amide bonds. The molecular formula is C12H16ClN3O3S. The van der Waals surface area contributed by atoms with Gasteiger partial charge in [-0.05, 0) is 31.0 Å². The lowest BCUT2D eigenvalue weighted by Crippen LogP contribution is -2.32. The largest absolute Gasteiger partial charge is 0.398 e. The number of rotatable bonds is 3. The zero-order valence-corrected chi connectivity index (χ0v) is 12.5. The lowest BCUT2D eigenvalue weighted by atomic mass is 10.1. The summed E-state index contributed by atoms with van der Waals surface area (Å²) in [5.74, 6) is -0.941. The van der Waals surface area contributed by atoms with Crippen LogP contribution in [-0.4, -0.2) is 31.7 Å². The topological polar surface area (TPSA) is 106 Å². The SMILES string of the molecule is Cc1cc(Cl)c(S(=O)(=O)N2CCC(C(N)=O)C2)cc1N. The van der Waals surface area contributed by atoms with Crippen molar-refractivity contribution >= 4 is 33.2 Å². The molecule has 8 heteroatoms. The molecule has 0 bridgehead atoms. The summed E-state index contributed by atoms with van der Waals surface area (Å²) in [6.07, 6.45) is 0.424. The van der Waals surface area contributed by atoms with Gasteiger partial charge in [-0.3, -0.25) is 4.79 Å². The second-order valence-corrected chi connectivity index (χ2v) is 7.20. The number of sulfonamides is 1. The molecule has 6 nitrogen and oxygen atoms in total. The summed E-state index contributed by atoms with van der Waals surface area (Å²) in [4.78, 5) is 11.1. The molecule has 0 aliphatic carbocycles. The zero-order valence-electron chi connectivity index (χ0n) is 11.0. The molecule has 1 aromatic rings. The molecule has 1 atom stereocenters. The number of nitrogens with zero attached hydrogens (tertiary/aromatic N) is 1. The predicted molar refractivity (Wildman–Crippen MR) is 76.7 cm³/mol. The van der Waals surface area contributed by atoms with Crippen molar-refractivity contribution in [2.75, 3.05) is 18.8 Å². The van der Waals surface area contributed by atoms with Crippen molar-refractivity contribution in [1.29, 1.82) is 0 Å². The maximum Gasteiger partial charge on any atom is 0.244 e. The van der Waals surface area contributed by atoms with E-state index < -0.39 is 21.8 Å². The van der Waals surface area contributed by atoms with Gasteiger partial charge in [0.1, 0.15) is 4.90 Å². The number of anilines is 1. The van der Waals surface area contributed by atoms with Crippen molar-refractivity contribution in [2.24, 2.45) is 11.7 Å². The summed E-state index contributed by atoms with van der Waals surface area (Å²) in [5.41, 5.74) is 12.0. The van der Waals surface area contributed by atoms with Gasteiger partial charge in [-0.2, -0.15) is 4.31 Å². The van der Waals surface area contributed by atoms with E-state index in [1.807, 2.05) is 0 Å². The first-order valence-electron chi connectivity index (χ1n) is 6.08. The van der Waals surface area contributed by atoms with E-state index in [-0.39, 0.29) is 23.0 Å². The highest BCUT2D eigenvalue weighted by molar-refractivity contribution is 7.89. The summed E-state index contributed by atoms with van der Waals surface area (Å²) < 4.78 is 26.3. The molecule has 1 aromatic carbocycles. The van der Waals surface area contributed by atoms with E-state index >= 15 is 0 Å². The Morgan fingerprint density at radius 3 is 2.65 bits per heavy atom. The summed E-state index contributed by atoms with van der Waals surface area (Å²) >= 11 is 6.01. The third-order valence-electron chi connectivity index (χ3n) is 3.49. The van der Waals surface area contributed by atoms with E-state index in [0.29, 0.717) is 17.7 Å². The molecule has 4 N–H and O–H groups in total. The Hall–Kier alpha value is -1.31. The van der Waals surface area contributed by atoms with Gasteiger partial charge < -0.3 is 11.5 Å². The van der Waals surface area contributed by atoms with E-state index in [4.69, 9.17) is 23.1 Å². The van der Waals surface area contributed by atoms with Crippen molar-refractivity contribution in [2.45, 2.75) is 18.2 Å². The molecule has 1 unspecified atom stereocenters.